The van der Waals surface area contributed by atoms with Gasteiger partial charge in [-0.05, 0) is 26.3 Å². The Morgan fingerprint density at radius 1 is 0.905 bits per heavy atom. The van der Waals surface area contributed by atoms with Crippen LogP contribution in [0.3, 0.4) is 0 Å². The van der Waals surface area contributed by atoms with E-state index in [4.69, 9.17) is 0 Å². The Morgan fingerprint density at radius 2 is 1.52 bits per heavy atom. The summed E-state index contributed by atoms with van der Waals surface area (Å²) < 4.78 is 25.6. The van der Waals surface area contributed by atoms with E-state index < -0.39 is 10.0 Å². The number of nitrogens with one attached hydrogen (secondary N) is 4. The zero-order valence-corrected chi connectivity index (χ0v) is 15.0. The van der Waals surface area contributed by atoms with Gasteiger partial charge in [0.2, 0.25) is 10.0 Å². The molecule has 0 rings (SSSR count). The van der Waals surface area contributed by atoms with Crippen LogP contribution in [0.4, 0.5) is 0 Å². The summed E-state index contributed by atoms with van der Waals surface area (Å²) in [5.41, 5.74) is 0. The van der Waals surface area contributed by atoms with Crippen molar-refractivity contribution in [3.63, 3.8) is 0 Å². The molecule has 0 radical (unpaired) electrons. The first-order valence-corrected chi connectivity index (χ1v) is 9.85. The number of hydrogen-bond acceptors (Lipinski definition) is 5. The highest BCUT2D eigenvalue weighted by molar-refractivity contribution is 7.88. The van der Waals surface area contributed by atoms with Gasteiger partial charge in [0.25, 0.3) is 0 Å². The van der Waals surface area contributed by atoms with E-state index in [9.17, 15) is 8.42 Å². The van der Waals surface area contributed by atoms with Crippen LogP contribution in [0.5, 0.6) is 0 Å². The largest absolute Gasteiger partial charge is 0.318 e. The molecule has 0 fully saturated rings. The fourth-order valence-electron chi connectivity index (χ4n) is 2.35. The van der Waals surface area contributed by atoms with Crippen LogP contribution in [-0.2, 0) is 10.0 Å². The monoisotopic (exact) mass is 322 g/mol. The van der Waals surface area contributed by atoms with Crippen LogP contribution in [0.1, 0.15) is 40.0 Å². The summed E-state index contributed by atoms with van der Waals surface area (Å²) in [7, 11) is -1.22. The molecule has 128 valence electrons. The number of sulfonamides is 1. The van der Waals surface area contributed by atoms with E-state index in [1.807, 2.05) is 14.0 Å². The highest BCUT2D eigenvalue weighted by Gasteiger charge is 2.21. The van der Waals surface area contributed by atoms with Crippen LogP contribution in [0.25, 0.3) is 0 Å². The summed E-state index contributed by atoms with van der Waals surface area (Å²) in [5, 5.41) is 10.1. The lowest BCUT2D eigenvalue weighted by Crippen LogP contribution is -2.52. The maximum absolute atomic E-state index is 11.4. The molecule has 0 amide bonds. The molecule has 0 saturated carbocycles. The Labute approximate surface area is 130 Å². The lowest BCUT2D eigenvalue weighted by atomic mass is 10.0. The van der Waals surface area contributed by atoms with Gasteiger partial charge >= 0.3 is 0 Å². The molecule has 0 aromatic heterocycles. The Kier molecular flexibility index (Phi) is 11.3. The van der Waals surface area contributed by atoms with Crippen molar-refractivity contribution in [3.05, 3.63) is 0 Å². The average Bonchev–Trinajstić information content (AvgIpc) is 2.43. The molecule has 6 nitrogen and oxygen atoms in total. The van der Waals surface area contributed by atoms with E-state index >= 15 is 0 Å². The zero-order valence-electron chi connectivity index (χ0n) is 14.2. The van der Waals surface area contributed by atoms with Crippen LogP contribution in [0.15, 0.2) is 0 Å². The summed E-state index contributed by atoms with van der Waals surface area (Å²) in [6.07, 6.45) is 3.94. The maximum Gasteiger partial charge on any atom is 0.209 e. The Balaban J connectivity index is 4.38. The van der Waals surface area contributed by atoms with Crippen molar-refractivity contribution in [2.24, 2.45) is 0 Å². The first-order chi connectivity index (χ1) is 9.87. The quantitative estimate of drug-likeness (QED) is 0.366. The smallest absolute Gasteiger partial charge is 0.209 e. The molecule has 0 aromatic rings. The molecule has 0 aliphatic rings. The molecule has 0 aliphatic carbocycles. The van der Waals surface area contributed by atoms with E-state index in [2.05, 4.69) is 34.5 Å². The van der Waals surface area contributed by atoms with E-state index in [0.717, 1.165) is 38.9 Å². The fourth-order valence-corrected chi connectivity index (χ4v) is 3.23. The molecule has 0 spiro atoms. The van der Waals surface area contributed by atoms with Crippen molar-refractivity contribution in [3.8, 4) is 0 Å². The minimum atomic E-state index is -3.17. The standard InChI is InChI=1S/C14H34N4O2S/c1-6-12(16-10-9-15-4)11-17-13(7-2)14(8-3)18-21(5,19)20/h12-18H,6-11H2,1-5H3. The van der Waals surface area contributed by atoms with Gasteiger partial charge in [0.15, 0.2) is 0 Å². The van der Waals surface area contributed by atoms with Crippen molar-refractivity contribution in [2.45, 2.75) is 58.2 Å². The van der Waals surface area contributed by atoms with Gasteiger partial charge in [0, 0.05) is 37.8 Å². The van der Waals surface area contributed by atoms with Crippen molar-refractivity contribution >= 4 is 10.0 Å². The second-order valence-electron chi connectivity index (χ2n) is 5.49. The molecule has 0 aromatic carbocycles. The second-order valence-corrected chi connectivity index (χ2v) is 7.27. The number of rotatable bonds is 13. The normalized spacial score (nSPS) is 16.6. The van der Waals surface area contributed by atoms with E-state index in [0.29, 0.717) is 6.04 Å². The predicted octanol–water partition coefficient (Wildman–Crippen LogP) is 0.270. The van der Waals surface area contributed by atoms with Crippen molar-refractivity contribution in [1.82, 2.24) is 20.7 Å². The molecule has 0 heterocycles. The van der Waals surface area contributed by atoms with Crippen LogP contribution in [0.2, 0.25) is 0 Å². The third-order valence-electron chi connectivity index (χ3n) is 3.66. The zero-order chi connectivity index (χ0) is 16.3. The van der Waals surface area contributed by atoms with Gasteiger partial charge in [0.05, 0.1) is 6.26 Å². The van der Waals surface area contributed by atoms with E-state index in [1.54, 1.807) is 0 Å². The highest BCUT2D eigenvalue weighted by Crippen LogP contribution is 2.05. The predicted molar refractivity (Wildman–Crippen MR) is 90.1 cm³/mol. The van der Waals surface area contributed by atoms with Crippen molar-refractivity contribution in [2.75, 3.05) is 32.9 Å². The molecule has 7 heteroatoms. The van der Waals surface area contributed by atoms with Gasteiger partial charge in [-0.25, -0.2) is 13.1 Å². The van der Waals surface area contributed by atoms with E-state index in [-0.39, 0.29) is 12.1 Å². The van der Waals surface area contributed by atoms with Crippen LogP contribution < -0.4 is 20.7 Å². The molecule has 4 N–H and O–H groups in total. The molecular formula is C14H34N4O2S. The number of likely N-dealkylation sites (N-methyl/N-ethyl adjacent to an activating group) is 1. The Hall–Kier alpha value is -0.210. The summed E-state index contributed by atoms with van der Waals surface area (Å²) in [4.78, 5) is 0. The van der Waals surface area contributed by atoms with E-state index in [1.165, 1.54) is 6.26 Å². The average molecular weight is 323 g/mol. The van der Waals surface area contributed by atoms with Crippen LogP contribution in [0, 0.1) is 0 Å². The third-order valence-corrected chi connectivity index (χ3v) is 4.39. The molecule has 3 atom stereocenters. The van der Waals surface area contributed by atoms with Gasteiger partial charge in [-0.3, -0.25) is 0 Å². The Morgan fingerprint density at radius 3 is 1.95 bits per heavy atom. The molecule has 3 unspecified atom stereocenters. The Bertz CT molecular complexity index is 349. The summed E-state index contributed by atoms with van der Waals surface area (Å²) >= 11 is 0. The van der Waals surface area contributed by atoms with Crippen LogP contribution in [-0.4, -0.2) is 59.5 Å². The van der Waals surface area contributed by atoms with Gasteiger partial charge in [-0.1, -0.05) is 20.8 Å². The topological polar surface area (TPSA) is 82.3 Å². The van der Waals surface area contributed by atoms with Gasteiger partial charge in [-0.2, -0.15) is 0 Å². The molecule has 0 saturated heterocycles. The van der Waals surface area contributed by atoms with Crippen molar-refractivity contribution < 1.29 is 8.42 Å². The van der Waals surface area contributed by atoms with Gasteiger partial charge in [-0.15, -0.1) is 0 Å². The van der Waals surface area contributed by atoms with Crippen LogP contribution >= 0.6 is 0 Å². The minimum absolute atomic E-state index is 0.0557. The maximum atomic E-state index is 11.4. The van der Waals surface area contributed by atoms with Gasteiger partial charge < -0.3 is 16.0 Å². The first-order valence-electron chi connectivity index (χ1n) is 7.96. The van der Waals surface area contributed by atoms with Gasteiger partial charge in [0.1, 0.15) is 0 Å². The first kappa shape index (κ1) is 20.8. The lowest BCUT2D eigenvalue weighted by Gasteiger charge is -2.28. The number of hydrogen-bond donors (Lipinski definition) is 4. The third kappa shape index (κ3) is 10.2. The minimum Gasteiger partial charge on any atom is -0.318 e. The summed E-state index contributed by atoms with van der Waals surface area (Å²) in [5.74, 6) is 0. The molecule has 0 bridgehead atoms. The van der Waals surface area contributed by atoms with Crippen molar-refractivity contribution in [1.29, 1.82) is 0 Å². The summed E-state index contributed by atoms with van der Waals surface area (Å²) in [6, 6.07) is 0.507. The molecule has 0 aliphatic heterocycles. The highest BCUT2D eigenvalue weighted by atomic mass is 32.2. The second kappa shape index (κ2) is 11.4. The SMILES string of the molecule is CCC(CNC(CC)C(CC)NS(C)(=O)=O)NCCNC. The molecule has 21 heavy (non-hydrogen) atoms. The molecular weight excluding hydrogens is 288 g/mol. The summed E-state index contributed by atoms with van der Waals surface area (Å²) in [6.45, 7) is 8.98. The fraction of sp³-hybridized carbons (Fsp3) is 1.00. The lowest BCUT2D eigenvalue weighted by molar-refractivity contribution is 0.356.